The Morgan fingerprint density at radius 3 is 2.45 bits per heavy atom. The summed E-state index contributed by atoms with van der Waals surface area (Å²) in [5.41, 5.74) is 1.21. The fourth-order valence-corrected chi connectivity index (χ4v) is 4.20. The smallest absolute Gasteiger partial charge is 0.232 e. The number of fused-ring (bicyclic) bond motifs is 1. The van der Waals surface area contributed by atoms with Gasteiger partial charge in [-0.15, -0.1) is 0 Å². The van der Waals surface area contributed by atoms with E-state index in [9.17, 15) is 13.2 Å². The van der Waals surface area contributed by atoms with E-state index in [-0.39, 0.29) is 18.9 Å². The van der Waals surface area contributed by atoms with E-state index in [1.54, 1.807) is 24.3 Å². The van der Waals surface area contributed by atoms with Crippen LogP contribution >= 0.6 is 0 Å². The second-order valence-electron chi connectivity index (χ2n) is 6.69. The molecule has 0 heterocycles. The van der Waals surface area contributed by atoms with E-state index in [0.29, 0.717) is 17.9 Å². The van der Waals surface area contributed by atoms with E-state index in [2.05, 4.69) is 5.32 Å². The number of methoxy groups -OCH3 is 1. The summed E-state index contributed by atoms with van der Waals surface area (Å²) in [7, 11) is -2.02. The maximum absolute atomic E-state index is 12.4. The van der Waals surface area contributed by atoms with Crippen LogP contribution in [0.15, 0.2) is 66.7 Å². The van der Waals surface area contributed by atoms with Crippen LogP contribution in [0.2, 0.25) is 0 Å². The fraction of sp³-hybridized carbons (Fsp3) is 0.227. The minimum Gasteiger partial charge on any atom is -0.495 e. The van der Waals surface area contributed by atoms with Crippen LogP contribution < -0.4 is 14.4 Å². The van der Waals surface area contributed by atoms with Crippen molar-refractivity contribution >= 4 is 38.1 Å². The van der Waals surface area contributed by atoms with Gasteiger partial charge in [0.25, 0.3) is 0 Å². The van der Waals surface area contributed by atoms with Gasteiger partial charge in [0.1, 0.15) is 5.75 Å². The normalized spacial score (nSPS) is 11.2. The highest BCUT2D eigenvalue weighted by Gasteiger charge is 2.20. The third-order valence-electron chi connectivity index (χ3n) is 4.58. The molecule has 3 aromatic rings. The van der Waals surface area contributed by atoms with Crippen molar-refractivity contribution in [3.63, 3.8) is 0 Å². The van der Waals surface area contributed by atoms with Crippen molar-refractivity contribution < 1.29 is 17.9 Å². The number of nitrogens with zero attached hydrogens (tertiary/aromatic N) is 1. The van der Waals surface area contributed by atoms with Gasteiger partial charge in [-0.05, 0) is 30.0 Å². The second kappa shape index (κ2) is 8.96. The standard InChI is InChI=1S/C22H24N2O4S/c1-28-21-14-6-5-13-20(21)24(29(2,26)27)16-8-15-22(25)23-19-12-7-10-17-9-3-4-11-18(17)19/h3-7,9-14H,8,15-16H2,1-2H3,(H,23,25). The molecule has 0 bridgehead atoms. The first kappa shape index (κ1) is 20.7. The monoisotopic (exact) mass is 412 g/mol. The lowest BCUT2D eigenvalue weighted by atomic mass is 10.1. The Bertz CT molecular complexity index is 1110. The molecule has 0 unspecified atom stereocenters. The number of ether oxygens (including phenoxy) is 1. The predicted octanol–water partition coefficient (Wildman–Crippen LogP) is 4.03. The van der Waals surface area contributed by atoms with Crippen molar-refractivity contribution in [2.24, 2.45) is 0 Å². The van der Waals surface area contributed by atoms with Crippen molar-refractivity contribution in [3.8, 4) is 5.75 Å². The molecule has 0 aliphatic heterocycles. The molecule has 0 spiro atoms. The summed E-state index contributed by atoms with van der Waals surface area (Å²) >= 11 is 0. The zero-order valence-electron chi connectivity index (χ0n) is 16.5. The highest BCUT2D eigenvalue weighted by molar-refractivity contribution is 7.92. The van der Waals surface area contributed by atoms with Crippen LogP contribution in [0.3, 0.4) is 0 Å². The third-order valence-corrected chi connectivity index (χ3v) is 5.76. The molecule has 3 rings (SSSR count). The Morgan fingerprint density at radius 1 is 1.00 bits per heavy atom. The largest absolute Gasteiger partial charge is 0.495 e. The molecule has 6 nitrogen and oxygen atoms in total. The molecule has 0 aliphatic carbocycles. The topological polar surface area (TPSA) is 75.7 Å². The summed E-state index contributed by atoms with van der Waals surface area (Å²) in [4.78, 5) is 12.4. The first-order chi connectivity index (χ1) is 13.9. The fourth-order valence-electron chi connectivity index (χ4n) is 3.23. The lowest BCUT2D eigenvalue weighted by Crippen LogP contribution is -2.31. The molecule has 152 valence electrons. The van der Waals surface area contributed by atoms with Crippen LogP contribution in [0.1, 0.15) is 12.8 Å². The number of amides is 1. The minimum atomic E-state index is -3.51. The van der Waals surface area contributed by atoms with Gasteiger partial charge in [-0.25, -0.2) is 8.42 Å². The van der Waals surface area contributed by atoms with E-state index in [4.69, 9.17) is 4.74 Å². The summed E-state index contributed by atoms with van der Waals surface area (Å²) in [6.07, 6.45) is 1.72. The van der Waals surface area contributed by atoms with Gasteiger partial charge in [0.2, 0.25) is 15.9 Å². The number of benzene rings is 3. The van der Waals surface area contributed by atoms with Crippen LogP contribution in [0, 0.1) is 0 Å². The number of hydrogen-bond acceptors (Lipinski definition) is 4. The van der Waals surface area contributed by atoms with Gasteiger partial charge < -0.3 is 10.1 Å². The maximum atomic E-state index is 12.4. The molecule has 0 aromatic heterocycles. The first-order valence-corrected chi connectivity index (χ1v) is 11.1. The summed E-state index contributed by atoms with van der Waals surface area (Å²) in [6.45, 7) is 0.183. The Balaban J connectivity index is 1.67. The molecular formula is C22H24N2O4S. The summed E-state index contributed by atoms with van der Waals surface area (Å²) in [6, 6.07) is 20.5. The highest BCUT2D eigenvalue weighted by Crippen LogP contribution is 2.30. The molecule has 0 fully saturated rings. The minimum absolute atomic E-state index is 0.158. The Morgan fingerprint density at radius 2 is 1.69 bits per heavy atom. The number of hydrogen-bond donors (Lipinski definition) is 1. The number of anilines is 2. The number of rotatable bonds is 8. The Labute approximate surface area is 171 Å². The van der Waals surface area contributed by atoms with Gasteiger partial charge in [0, 0.05) is 24.0 Å². The maximum Gasteiger partial charge on any atom is 0.232 e. The summed E-state index contributed by atoms with van der Waals surface area (Å²) < 4.78 is 31.1. The van der Waals surface area contributed by atoms with Gasteiger partial charge in [-0.1, -0.05) is 48.5 Å². The number of para-hydroxylation sites is 2. The zero-order valence-corrected chi connectivity index (χ0v) is 17.3. The van der Waals surface area contributed by atoms with E-state index in [1.165, 1.54) is 11.4 Å². The molecule has 7 heteroatoms. The van der Waals surface area contributed by atoms with Crippen molar-refractivity contribution in [1.82, 2.24) is 0 Å². The van der Waals surface area contributed by atoms with E-state index in [1.807, 2.05) is 42.5 Å². The highest BCUT2D eigenvalue weighted by atomic mass is 32.2. The number of carbonyl (C=O) groups excluding carboxylic acids is 1. The number of carbonyl (C=O) groups is 1. The SMILES string of the molecule is COc1ccccc1N(CCCC(=O)Nc1cccc2ccccc12)S(C)(=O)=O. The predicted molar refractivity (Wildman–Crippen MR) is 117 cm³/mol. The molecule has 1 N–H and O–H groups in total. The molecule has 29 heavy (non-hydrogen) atoms. The van der Waals surface area contributed by atoms with Crippen LogP contribution in [-0.4, -0.2) is 34.2 Å². The molecule has 0 atom stereocenters. The average molecular weight is 413 g/mol. The van der Waals surface area contributed by atoms with Gasteiger partial charge in [0.05, 0.1) is 19.1 Å². The van der Waals surface area contributed by atoms with Crippen LogP contribution in [0.5, 0.6) is 5.75 Å². The first-order valence-electron chi connectivity index (χ1n) is 9.28. The van der Waals surface area contributed by atoms with Crippen molar-refractivity contribution in [2.45, 2.75) is 12.8 Å². The van der Waals surface area contributed by atoms with Crippen molar-refractivity contribution in [3.05, 3.63) is 66.7 Å². The summed E-state index contributed by atoms with van der Waals surface area (Å²) in [5.74, 6) is 0.313. The van der Waals surface area contributed by atoms with Crippen molar-refractivity contribution in [1.29, 1.82) is 0 Å². The second-order valence-corrected chi connectivity index (χ2v) is 8.59. The van der Waals surface area contributed by atoms with E-state index >= 15 is 0 Å². The molecular weight excluding hydrogens is 388 g/mol. The Kier molecular flexibility index (Phi) is 6.39. The Hall–Kier alpha value is -3.06. The lowest BCUT2D eigenvalue weighted by molar-refractivity contribution is -0.116. The molecule has 3 aromatic carbocycles. The average Bonchev–Trinajstić information content (AvgIpc) is 2.70. The van der Waals surface area contributed by atoms with Gasteiger partial charge in [-0.2, -0.15) is 0 Å². The van der Waals surface area contributed by atoms with Crippen LogP contribution in [-0.2, 0) is 14.8 Å². The van der Waals surface area contributed by atoms with Gasteiger partial charge in [0.15, 0.2) is 0 Å². The van der Waals surface area contributed by atoms with Crippen molar-refractivity contribution in [2.75, 3.05) is 29.5 Å². The van der Waals surface area contributed by atoms with E-state index < -0.39 is 10.0 Å². The van der Waals surface area contributed by atoms with Gasteiger partial charge in [-0.3, -0.25) is 9.10 Å². The third kappa shape index (κ3) is 5.06. The molecule has 0 radical (unpaired) electrons. The van der Waals surface area contributed by atoms with E-state index in [0.717, 1.165) is 22.7 Å². The number of sulfonamides is 1. The van der Waals surface area contributed by atoms with Crippen LogP contribution in [0.25, 0.3) is 10.8 Å². The molecule has 0 saturated carbocycles. The number of nitrogens with one attached hydrogen (secondary N) is 1. The lowest BCUT2D eigenvalue weighted by Gasteiger charge is -2.24. The summed E-state index contributed by atoms with van der Waals surface area (Å²) in [5, 5.41) is 4.94. The van der Waals surface area contributed by atoms with Gasteiger partial charge >= 0.3 is 0 Å². The molecule has 0 saturated heterocycles. The van der Waals surface area contributed by atoms with Crippen LogP contribution in [0.4, 0.5) is 11.4 Å². The molecule has 0 aliphatic rings. The molecule has 1 amide bonds. The zero-order chi connectivity index (χ0) is 20.9. The quantitative estimate of drug-likeness (QED) is 0.606.